The summed E-state index contributed by atoms with van der Waals surface area (Å²) in [4.78, 5) is 40.1. The number of aliphatic hydroxyl groups is 1. The number of nitrogens with one attached hydrogen (secondary N) is 1. The molecule has 3 aliphatic rings. The number of carbonyl (C=O) groups is 3. The monoisotopic (exact) mass is 722 g/mol. The number of aliphatic carboxylic acids is 1. The normalized spacial score (nSPS) is 19.4. The highest BCUT2D eigenvalue weighted by Crippen LogP contribution is 2.47. The Hall–Kier alpha value is -5.09. The van der Waals surface area contributed by atoms with Crippen molar-refractivity contribution >= 4 is 18.0 Å². The van der Waals surface area contributed by atoms with Gasteiger partial charge < -0.3 is 35.0 Å². The van der Waals surface area contributed by atoms with E-state index in [4.69, 9.17) is 9.47 Å². The molecule has 53 heavy (non-hydrogen) atoms. The van der Waals surface area contributed by atoms with E-state index >= 15 is 0 Å². The molecule has 2 amide bonds. The smallest absolute Gasteiger partial charge is 0.407 e. The van der Waals surface area contributed by atoms with Crippen LogP contribution < -0.4 is 10.1 Å². The predicted octanol–water partition coefficient (Wildman–Crippen LogP) is 7.65. The summed E-state index contributed by atoms with van der Waals surface area (Å²) >= 11 is 0. The zero-order valence-electron chi connectivity index (χ0n) is 31.0. The first-order chi connectivity index (χ1) is 25.4. The highest BCUT2D eigenvalue weighted by molar-refractivity contribution is 6.00. The number of allylic oxidation sites excluding steroid dienone is 4. The number of phenols is 1. The van der Waals surface area contributed by atoms with Crippen LogP contribution in [0.5, 0.6) is 11.5 Å². The van der Waals surface area contributed by atoms with Crippen LogP contribution in [0.15, 0.2) is 77.9 Å². The number of carbonyl (C=O) groups excluding carboxylic acids is 2. The van der Waals surface area contributed by atoms with Gasteiger partial charge >= 0.3 is 12.1 Å². The summed E-state index contributed by atoms with van der Waals surface area (Å²) in [5, 5.41) is 34.4. The highest BCUT2D eigenvalue weighted by atomic mass is 16.5. The summed E-state index contributed by atoms with van der Waals surface area (Å²) in [6.07, 6.45) is 6.53. The van der Waals surface area contributed by atoms with Crippen molar-refractivity contribution in [3.63, 3.8) is 0 Å². The van der Waals surface area contributed by atoms with E-state index in [9.17, 15) is 29.7 Å². The molecule has 0 unspecified atom stereocenters. The number of hydrogen-bond acceptors (Lipinski definition) is 7. The van der Waals surface area contributed by atoms with Gasteiger partial charge in [-0.2, -0.15) is 0 Å². The van der Waals surface area contributed by atoms with Crippen molar-refractivity contribution in [2.45, 2.75) is 103 Å². The number of benzene rings is 3. The highest BCUT2D eigenvalue weighted by Gasteiger charge is 2.44. The second kappa shape index (κ2) is 15.9. The van der Waals surface area contributed by atoms with Crippen LogP contribution in [-0.2, 0) is 22.5 Å². The number of aliphatic hydroxyl groups excluding tert-OH is 1. The summed E-state index contributed by atoms with van der Waals surface area (Å²) < 4.78 is 12.1. The third-order valence-electron chi connectivity index (χ3n) is 10.8. The fourth-order valence-electron chi connectivity index (χ4n) is 7.76. The maximum absolute atomic E-state index is 13.5. The minimum absolute atomic E-state index is 0.0645. The fourth-order valence-corrected chi connectivity index (χ4v) is 7.76. The Morgan fingerprint density at radius 1 is 1.02 bits per heavy atom. The van der Waals surface area contributed by atoms with E-state index in [2.05, 4.69) is 38.2 Å². The molecule has 0 radical (unpaired) electrons. The largest absolute Gasteiger partial charge is 0.508 e. The average molecular weight is 723 g/mol. The van der Waals surface area contributed by atoms with Crippen molar-refractivity contribution in [2.24, 2.45) is 0 Å². The maximum Gasteiger partial charge on any atom is 0.407 e. The molecule has 1 aliphatic carbocycles. The molecule has 0 saturated heterocycles. The molecule has 10 heteroatoms. The Labute approximate surface area is 311 Å². The van der Waals surface area contributed by atoms with Crippen LogP contribution in [0, 0.1) is 0 Å². The molecule has 280 valence electrons. The molecule has 2 aliphatic heterocycles. The fraction of sp³-hybridized carbons (Fsp3) is 0.419. The molecule has 0 fully saturated rings. The van der Waals surface area contributed by atoms with E-state index in [0.717, 1.165) is 35.1 Å². The number of phenolic OH excluding ortho intramolecular Hbond substituents is 1. The number of ether oxygens (including phenoxy) is 2. The van der Waals surface area contributed by atoms with Crippen molar-refractivity contribution in [3.05, 3.63) is 106 Å². The molecular weight excluding hydrogens is 672 g/mol. The molecule has 3 aromatic rings. The molecule has 6 rings (SSSR count). The number of aromatic hydroxyl groups is 1. The van der Waals surface area contributed by atoms with Gasteiger partial charge in [-0.1, -0.05) is 71.8 Å². The predicted molar refractivity (Wildman–Crippen MR) is 202 cm³/mol. The Balaban J connectivity index is 1.04. The lowest BCUT2D eigenvalue weighted by molar-refractivity contribution is -0.139. The molecule has 3 atom stereocenters. The number of carboxylic acids is 1. The van der Waals surface area contributed by atoms with Gasteiger partial charge in [0.1, 0.15) is 29.7 Å². The molecule has 0 aromatic heterocycles. The molecule has 0 saturated carbocycles. The van der Waals surface area contributed by atoms with Gasteiger partial charge in [-0.05, 0) is 94.5 Å². The van der Waals surface area contributed by atoms with Crippen molar-refractivity contribution in [1.82, 2.24) is 10.2 Å². The first kappa shape index (κ1) is 37.7. The van der Waals surface area contributed by atoms with E-state index < -0.39 is 29.8 Å². The number of amides is 2. The summed E-state index contributed by atoms with van der Waals surface area (Å²) in [5.74, 6) is -1.30. The third kappa shape index (κ3) is 8.13. The molecule has 0 bridgehead atoms. The number of alkyl carbamates (subject to hydrolysis) is 1. The summed E-state index contributed by atoms with van der Waals surface area (Å²) in [7, 11) is 0. The van der Waals surface area contributed by atoms with Crippen molar-refractivity contribution in [3.8, 4) is 22.6 Å². The van der Waals surface area contributed by atoms with Crippen LogP contribution in [0.4, 0.5) is 4.79 Å². The van der Waals surface area contributed by atoms with Gasteiger partial charge in [0.15, 0.2) is 0 Å². The molecule has 2 heterocycles. The molecule has 4 N–H and O–H groups in total. The van der Waals surface area contributed by atoms with E-state index in [1.165, 1.54) is 17.2 Å². The van der Waals surface area contributed by atoms with Gasteiger partial charge in [0.25, 0.3) is 5.91 Å². The lowest BCUT2D eigenvalue weighted by atomic mass is 9.84. The van der Waals surface area contributed by atoms with Crippen LogP contribution in [-0.4, -0.2) is 69.1 Å². The molecule has 0 spiro atoms. The van der Waals surface area contributed by atoms with Crippen molar-refractivity contribution in [2.75, 3.05) is 13.2 Å². The Morgan fingerprint density at radius 2 is 1.70 bits per heavy atom. The molecular formula is C43H50N2O8. The van der Waals surface area contributed by atoms with Gasteiger partial charge in [-0.15, -0.1) is 0 Å². The quantitative estimate of drug-likeness (QED) is 0.124. The van der Waals surface area contributed by atoms with Gasteiger partial charge in [0, 0.05) is 30.0 Å². The zero-order chi connectivity index (χ0) is 37.9. The van der Waals surface area contributed by atoms with Crippen LogP contribution in [0.2, 0.25) is 0 Å². The van der Waals surface area contributed by atoms with Crippen molar-refractivity contribution < 1.29 is 39.2 Å². The Kier molecular flexibility index (Phi) is 11.3. The molecule has 10 nitrogen and oxygen atoms in total. The van der Waals surface area contributed by atoms with Crippen LogP contribution in [0.3, 0.4) is 0 Å². The number of rotatable bonds is 14. The minimum Gasteiger partial charge on any atom is -0.508 e. The van der Waals surface area contributed by atoms with Gasteiger partial charge in [-0.25, -0.2) is 9.59 Å². The first-order valence-corrected chi connectivity index (χ1v) is 18.5. The van der Waals surface area contributed by atoms with E-state index in [1.54, 1.807) is 4.90 Å². The Morgan fingerprint density at radius 3 is 2.36 bits per heavy atom. The lowest BCUT2D eigenvalue weighted by Crippen LogP contribution is -2.49. The first-order valence-electron chi connectivity index (χ1n) is 18.5. The van der Waals surface area contributed by atoms with Crippen LogP contribution >= 0.6 is 0 Å². The number of carboxylic acid groups (broad SMARTS) is 1. The maximum atomic E-state index is 13.5. The second-order valence-corrected chi connectivity index (χ2v) is 15.0. The van der Waals surface area contributed by atoms with Crippen molar-refractivity contribution in [1.29, 1.82) is 0 Å². The van der Waals surface area contributed by atoms with E-state index in [1.807, 2.05) is 55.5 Å². The second-order valence-electron chi connectivity index (χ2n) is 15.0. The molecule has 3 aromatic carbocycles. The van der Waals surface area contributed by atoms with Gasteiger partial charge in [-0.3, -0.25) is 4.79 Å². The number of fused-ring (bicyclic) bond motifs is 6. The lowest BCUT2D eigenvalue weighted by Gasteiger charge is -2.40. The summed E-state index contributed by atoms with van der Waals surface area (Å²) in [5.41, 5.74) is 7.43. The SMILES string of the molecule is CC(C)=CCC/C(C)=C/CC[C@]1(C)Oc2c(c(O)cc3c2CN(CCC[C@H](NC(=O)OCC2c4ccccc4-c4ccccc42)C(=O)O)C3=O)C[C@@H]1O. The minimum atomic E-state index is -1.21. The standard InChI is InChI=1S/C43H50N2O8/c1-26(2)12-9-13-27(3)14-10-20-43(4)38(47)23-33-37(46)22-32-34(39(33)53-43)24-45(40(32)48)21-11-19-36(41(49)50)44-42(51)52-25-35-30-17-7-5-15-28(30)29-16-6-8-18-31(29)35/h5-8,12,14-18,22,35-36,38,46-47H,9-11,13,19-21,23-25H2,1-4H3,(H,44,51)(H,49,50)/b27-14+/t36-,38-,43-/m0/s1. The Bertz CT molecular complexity index is 1900. The van der Waals surface area contributed by atoms with Crippen LogP contribution in [0.1, 0.15) is 105 Å². The van der Waals surface area contributed by atoms with Gasteiger partial charge in [0.05, 0.1) is 18.2 Å². The topological polar surface area (TPSA) is 146 Å². The van der Waals surface area contributed by atoms with E-state index in [-0.39, 0.29) is 50.1 Å². The van der Waals surface area contributed by atoms with E-state index in [0.29, 0.717) is 41.7 Å². The van der Waals surface area contributed by atoms with Crippen LogP contribution in [0.25, 0.3) is 11.1 Å². The summed E-state index contributed by atoms with van der Waals surface area (Å²) in [6.45, 7) is 8.67. The summed E-state index contributed by atoms with van der Waals surface area (Å²) in [6, 6.07) is 16.2. The number of hydrogen-bond donors (Lipinski definition) is 4. The average Bonchev–Trinajstić information content (AvgIpc) is 3.61. The zero-order valence-corrected chi connectivity index (χ0v) is 31.0. The number of nitrogens with zero attached hydrogens (tertiary/aromatic N) is 1. The van der Waals surface area contributed by atoms with Gasteiger partial charge in [0.2, 0.25) is 0 Å². The third-order valence-corrected chi connectivity index (χ3v) is 10.8.